The Kier molecular flexibility index (Phi) is 5.49. The lowest BCUT2D eigenvalue weighted by molar-refractivity contribution is 0.229. The van der Waals surface area contributed by atoms with Gasteiger partial charge in [-0.1, -0.05) is 18.2 Å². The Morgan fingerprint density at radius 1 is 1.08 bits per heavy atom. The summed E-state index contributed by atoms with van der Waals surface area (Å²) < 4.78 is 5.52. The molecule has 0 bridgehead atoms. The molecule has 1 fully saturated rings. The summed E-state index contributed by atoms with van der Waals surface area (Å²) in [5.74, 6) is 0.984. The lowest BCUT2D eigenvalue weighted by Crippen LogP contribution is -2.47. The Morgan fingerprint density at radius 2 is 1.92 bits per heavy atom. The van der Waals surface area contributed by atoms with Gasteiger partial charge in [-0.3, -0.25) is 4.90 Å². The fourth-order valence-electron chi connectivity index (χ4n) is 4.52. The standard InChI is InChI=1S/C22H31N3O/c1-26-22-10-5-4-9-21(22)25-17-15-23(16-18-25)12-6-13-24-14-11-19-7-2-3-8-20(19)24/h4-5,7,9-11,14,20H,2-3,6,8,12-13,15-18H2,1H3. The summed E-state index contributed by atoms with van der Waals surface area (Å²) in [5, 5.41) is 0. The third-order valence-corrected chi connectivity index (χ3v) is 5.99. The van der Waals surface area contributed by atoms with Crippen LogP contribution < -0.4 is 9.64 Å². The highest BCUT2D eigenvalue weighted by Crippen LogP contribution is 2.30. The number of allylic oxidation sites excluding steroid dienone is 1. The van der Waals surface area contributed by atoms with Gasteiger partial charge in [0.25, 0.3) is 0 Å². The molecule has 0 aromatic heterocycles. The number of nitrogens with zero attached hydrogens (tertiary/aromatic N) is 3. The van der Waals surface area contributed by atoms with Crippen LogP contribution >= 0.6 is 0 Å². The van der Waals surface area contributed by atoms with Gasteiger partial charge in [0.15, 0.2) is 0 Å². The second kappa shape index (κ2) is 8.17. The zero-order valence-electron chi connectivity index (χ0n) is 15.9. The molecule has 4 heteroatoms. The first-order valence-electron chi connectivity index (χ1n) is 10.1. The zero-order chi connectivity index (χ0) is 17.8. The van der Waals surface area contributed by atoms with Crippen LogP contribution in [0.4, 0.5) is 5.69 Å². The fourth-order valence-corrected chi connectivity index (χ4v) is 4.52. The predicted molar refractivity (Wildman–Crippen MR) is 108 cm³/mol. The second-order valence-corrected chi connectivity index (χ2v) is 7.56. The van der Waals surface area contributed by atoms with Crippen molar-refractivity contribution in [2.75, 3.05) is 51.3 Å². The Hall–Kier alpha value is -1.94. The van der Waals surface area contributed by atoms with Crippen molar-refractivity contribution in [3.05, 3.63) is 48.2 Å². The van der Waals surface area contributed by atoms with Crippen LogP contribution in [0.15, 0.2) is 48.2 Å². The van der Waals surface area contributed by atoms with E-state index >= 15 is 0 Å². The molecule has 1 aromatic carbocycles. The summed E-state index contributed by atoms with van der Waals surface area (Å²) in [7, 11) is 1.76. The number of piperazine rings is 1. The van der Waals surface area contributed by atoms with Gasteiger partial charge < -0.3 is 14.5 Å². The third kappa shape index (κ3) is 3.75. The van der Waals surface area contributed by atoms with Gasteiger partial charge in [-0.25, -0.2) is 0 Å². The Morgan fingerprint density at radius 3 is 2.77 bits per heavy atom. The van der Waals surface area contributed by atoms with E-state index < -0.39 is 0 Å². The molecule has 140 valence electrons. The highest BCUT2D eigenvalue weighted by Gasteiger charge is 2.25. The van der Waals surface area contributed by atoms with Crippen molar-refractivity contribution in [2.24, 2.45) is 0 Å². The highest BCUT2D eigenvalue weighted by atomic mass is 16.5. The first kappa shape index (κ1) is 17.5. The molecule has 0 N–H and O–H groups in total. The predicted octanol–water partition coefficient (Wildman–Crippen LogP) is 3.52. The van der Waals surface area contributed by atoms with E-state index in [1.165, 1.54) is 44.5 Å². The molecule has 2 heterocycles. The molecule has 26 heavy (non-hydrogen) atoms. The summed E-state index contributed by atoms with van der Waals surface area (Å²) in [5.41, 5.74) is 2.79. The number of hydrogen-bond donors (Lipinski definition) is 0. The average molecular weight is 354 g/mol. The van der Waals surface area contributed by atoms with Crippen LogP contribution in [0.5, 0.6) is 5.75 Å². The lowest BCUT2D eigenvalue weighted by Gasteiger charge is -2.37. The Bertz CT molecular complexity index is 661. The molecule has 4 rings (SSSR count). The monoisotopic (exact) mass is 353 g/mol. The SMILES string of the molecule is COc1ccccc1N1CCN(CCCN2C=CC3=CCCCC32)CC1. The van der Waals surface area contributed by atoms with Crippen LogP contribution in [0, 0.1) is 0 Å². The van der Waals surface area contributed by atoms with Crippen molar-refractivity contribution >= 4 is 5.69 Å². The van der Waals surface area contributed by atoms with E-state index in [9.17, 15) is 0 Å². The van der Waals surface area contributed by atoms with Crippen LogP contribution in [0.1, 0.15) is 25.7 Å². The quantitative estimate of drug-likeness (QED) is 0.779. The molecule has 0 amide bonds. The molecule has 1 aliphatic carbocycles. The minimum Gasteiger partial charge on any atom is -0.495 e. The molecular weight excluding hydrogens is 322 g/mol. The largest absolute Gasteiger partial charge is 0.495 e. The van der Waals surface area contributed by atoms with Crippen molar-refractivity contribution in [1.82, 2.24) is 9.80 Å². The molecule has 1 atom stereocenters. The van der Waals surface area contributed by atoms with Gasteiger partial charge in [-0.15, -0.1) is 0 Å². The lowest BCUT2D eigenvalue weighted by atomic mass is 9.95. The molecule has 3 aliphatic rings. The highest BCUT2D eigenvalue weighted by molar-refractivity contribution is 5.58. The van der Waals surface area contributed by atoms with Gasteiger partial charge in [0.1, 0.15) is 5.75 Å². The van der Waals surface area contributed by atoms with Gasteiger partial charge in [-0.05, 0) is 62.2 Å². The van der Waals surface area contributed by atoms with Crippen LogP contribution in [-0.2, 0) is 0 Å². The van der Waals surface area contributed by atoms with Crippen molar-refractivity contribution in [2.45, 2.75) is 31.7 Å². The molecule has 0 spiro atoms. The number of benzene rings is 1. The van der Waals surface area contributed by atoms with Crippen molar-refractivity contribution in [3.8, 4) is 5.75 Å². The van der Waals surface area contributed by atoms with Gasteiger partial charge in [0.2, 0.25) is 0 Å². The maximum absolute atomic E-state index is 5.52. The summed E-state index contributed by atoms with van der Waals surface area (Å²) in [6.45, 7) is 6.84. The summed E-state index contributed by atoms with van der Waals surface area (Å²) in [6.07, 6.45) is 12.3. The van der Waals surface area contributed by atoms with Crippen LogP contribution in [-0.4, -0.2) is 62.2 Å². The maximum atomic E-state index is 5.52. The van der Waals surface area contributed by atoms with Crippen molar-refractivity contribution in [1.29, 1.82) is 0 Å². The number of fused-ring (bicyclic) bond motifs is 1. The smallest absolute Gasteiger partial charge is 0.142 e. The Labute approximate surface area is 157 Å². The van der Waals surface area contributed by atoms with E-state index in [-0.39, 0.29) is 0 Å². The van der Waals surface area contributed by atoms with Crippen LogP contribution in [0.2, 0.25) is 0 Å². The number of para-hydroxylation sites is 2. The number of hydrogen-bond acceptors (Lipinski definition) is 4. The topological polar surface area (TPSA) is 19.0 Å². The van der Waals surface area contributed by atoms with E-state index in [2.05, 4.69) is 51.3 Å². The van der Waals surface area contributed by atoms with Gasteiger partial charge in [-0.2, -0.15) is 0 Å². The molecule has 0 saturated carbocycles. The van der Waals surface area contributed by atoms with E-state index in [1.54, 1.807) is 12.7 Å². The normalized spacial score (nSPS) is 23.1. The molecule has 1 unspecified atom stereocenters. The average Bonchev–Trinajstić information content (AvgIpc) is 3.12. The zero-order valence-corrected chi connectivity index (χ0v) is 15.9. The van der Waals surface area contributed by atoms with Crippen LogP contribution in [0.25, 0.3) is 0 Å². The molecule has 0 radical (unpaired) electrons. The van der Waals surface area contributed by atoms with Gasteiger partial charge >= 0.3 is 0 Å². The number of rotatable bonds is 6. The first-order valence-corrected chi connectivity index (χ1v) is 10.1. The number of methoxy groups -OCH3 is 1. The fraction of sp³-hybridized carbons (Fsp3) is 0.545. The maximum Gasteiger partial charge on any atom is 0.142 e. The van der Waals surface area contributed by atoms with E-state index in [0.29, 0.717) is 6.04 Å². The summed E-state index contributed by atoms with van der Waals surface area (Å²) in [4.78, 5) is 7.64. The van der Waals surface area contributed by atoms with Crippen molar-refractivity contribution in [3.63, 3.8) is 0 Å². The number of ether oxygens (including phenoxy) is 1. The van der Waals surface area contributed by atoms with E-state index in [0.717, 1.165) is 31.9 Å². The minimum absolute atomic E-state index is 0.672. The third-order valence-electron chi connectivity index (χ3n) is 5.99. The number of anilines is 1. The molecule has 4 nitrogen and oxygen atoms in total. The van der Waals surface area contributed by atoms with E-state index in [1.807, 2.05) is 6.07 Å². The molecular formula is C22H31N3O. The van der Waals surface area contributed by atoms with Gasteiger partial charge in [0, 0.05) is 32.7 Å². The van der Waals surface area contributed by atoms with Crippen molar-refractivity contribution < 1.29 is 4.74 Å². The minimum atomic E-state index is 0.672. The van der Waals surface area contributed by atoms with Gasteiger partial charge in [0.05, 0.1) is 18.8 Å². The molecule has 1 saturated heterocycles. The van der Waals surface area contributed by atoms with E-state index in [4.69, 9.17) is 4.74 Å². The second-order valence-electron chi connectivity index (χ2n) is 7.56. The summed E-state index contributed by atoms with van der Waals surface area (Å²) >= 11 is 0. The molecule has 2 aliphatic heterocycles. The first-order chi connectivity index (χ1) is 12.8. The summed E-state index contributed by atoms with van der Waals surface area (Å²) in [6, 6.07) is 9.04. The van der Waals surface area contributed by atoms with Crippen LogP contribution in [0.3, 0.4) is 0 Å². The molecule has 1 aromatic rings. The Balaban J connectivity index is 1.22.